The van der Waals surface area contributed by atoms with Crippen LogP contribution in [0.2, 0.25) is 0 Å². The largest absolute Gasteiger partial charge is 0.310 e. The van der Waals surface area contributed by atoms with Crippen LogP contribution in [0.25, 0.3) is 0 Å². The molecule has 4 heteroatoms. The fourth-order valence-corrected chi connectivity index (χ4v) is 2.48. The molecule has 0 aromatic carbocycles. The first-order valence-corrected chi connectivity index (χ1v) is 6.37. The van der Waals surface area contributed by atoms with Gasteiger partial charge in [-0.15, -0.1) is 11.3 Å². The van der Waals surface area contributed by atoms with Gasteiger partial charge in [0.05, 0.1) is 6.54 Å². The number of rotatable bonds is 5. The van der Waals surface area contributed by atoms with Crippen molar-refractivity contribution in [3.63, 3.8) is 0 Å². The topological polar surface area (TPSA) is 29.9 Å². The van der Waals surface area contributed by atoms with Crippen LogP contribution in [-0.4, -0.2) is 16.3 Å². The molecule has 2 heterocycles. The van der Waals surface area contributed by atoms with E-state index in [0.717, 1.165) is 19.6 Å². The summed E-state index contributed by atoms with van der Waals surface area (Å²) in [6, 6.07) is 4.20. The summed E-state index contributed by atoms with van der Waals surface area (Å²) < 4.78 is 2.02. The molecule has 0 radical (unpaired) electrons. The molecule has 1 N–H and O–H groups in total. The molecule has 0 saturated heterocycles. The van der Waals surface area contributed by atoms with Crippen molar-refractivity contribution < 1.29 is 0 Å². The van der Waals surface area contributed by atoms with Crippen LogP contribution >= 0.6 is 11.3 Å². The van der Waals surface area contributed by atoms with Gasteiger partial charge in [0, 0.05) is 29.9 Å². The van der Waals surface area contributed by atoms with Crippen molar-refractivity contribution in [2.24, 2.45) is 0 Å². The van der Waals surface area contributed by atoms with Crippen LogP contribution in [0.4, 0.5) is 0 Å². The first kappa shape index (κ1) is 11.4. The summed E-state index contributed by atoms with van der Waals surface area (Å²) in [5, 5.41) is 9.83. The van der Waals surface area contributed by atoms with Gasteiger partial charge in [-0.05, 0) is 36.9 Å². The van der Waals surface area contributed by atoms with E-state index in [2.05, 4.69) is 35.7 Å². The maximum absolute atomic E-state index is 4.25. The second kappa shape index (κ2) is 5.27. The molecule has 0 fully saturated rings. The van der Waals surface area contributed by atoms with Gasteiger partial charge in [-0.25, -0.2) is 0 Å². The van der Waals surface area contributed by atoms with Crippen molar-refractivity contribution in [1.82, 2.24) is 15.1 Å². The molecular weight excluding hydrogens is 218 g/mol. The lowest BCUT2D eigenvalue weighted by Gasteiger charge is -2.06. The number of hydrogen-bond acceptors (Lipinski definition) is 3. The van der Waals surface area contributed by atoms with E-state index in [4.69, 9.17) is 0 Å². The molecule has 0 amide bonds. The second-order valence-corrected chi connectivity index (χ2v) is 4.90. The van der Waals surface area contributed by atoms with Crippen LogP contribution in [-0.2, 0) is 13.1 Å². The van der Waals surface area contributed by atoms with Crippen molar-refractivity contribution in [2.75, 3.05) is 6.54 Å². The Kier molecular flexibility index (Phi) is 3.74. The molecule has 0 aliphatic rings. The number of hydrogen-bond donors (Lipinski definition) is 1. The smallest absolute Gasteiger partial charge is 0.0537 e. The fraction of sp³-hybridized carbons (Fsp3) is 0.417. The fourth-order valence-electron chi connectivity index (χ4n) is 1.60. The van der Waals surface area contributed by atoms with E-state index in [1.165, 1.54) is 16.1 Å². The quantitative estimate of drug-likeness (QED) is 0.806. The van der Waals surface area contributed by atoms with E-state index in [0.29, 0.717) is 0 Å². The number of nitrogens with one attached hydrogen (secondary N) is 1. The highest BCUT2D eigenvalue weighted by atomic mass is 32.1. The maximum atomic E-state index is 4.25. The maximum Gasteiger partial charge on any atom is 0.0537 e. The molecule has 0 aliphatic carbocycles. The zero-order valence-corrected chi connectivity index (χ0v) is 10.5. The molecule has 0 aliphatic heterocycles. The average molecular weight is 235 g/mol. The van der Waals surface area contributed by atoms with Gasteiger partial charge in [-0.1, -0.05) is 0 Å². The number of nitrogens with zero attached hydrogens (tertiary/aromatic N) is 2. The summed E-state index contributed by atoms with van der Waals surface area (Å²) in [5.41, 5.74) is 2.60. The molecule has 0 bridgehead atoms. The minimum atomic E-state index is 0.934. The standard InChI is InChI=1S/C12H17N3S/c1-10-4-8-16-12(10)9-13-6-7-15-11(2)3-5-14-15/h3-5,8,13H,6-7,9H2,1-2H3. The third-order valence-electron chi connectivity index (χ3n) is 2.68. The van der Waals surface area contributed by atoms with E-state index in [1.54, 1.807) is 0 Å². The Labute approximate surface area is 100 Å². The normalized spacial score (nSPS) is 10.9. The molecule has 0 saturated carbocycles. The number of aryl methyl sites for hydroxylation is 2. The monoisotopic (exact) mass is 235 g/mol. The molecule has 16 heavy (non-hydrogen) atoms. The Morgan fingerprint density at radius 2 is 2.25 bits per heavy atom. The number of aromatic nitrogens is 2. The molecule has 86 valence electrons. The van der Waals surface area contributed by atoms with Gasteiger partial charge in [0.15, 0.2) is 0 Å². The van der Waals surface area contributed by atoms with Gasteiger partial charge in [0.2, 0.25) is 0 Å². The van der Waals surface area contributed by atoms with E-state index in [1.807, 2.05) is 28.3 Å². The zero-order valence-electron chi connectivity index (χ0n) is 9.73. The van der Waals surface area contributed by atoms with Gasteiger partial charge in [-0.3, -0.25) is 4.68 Å². The summed E-state index contributed by atoms with van der Waals surface area (Å²) >= 11 is 1.82. The molecule has 0 atom stereocenters. The summed E-state index contributed by atoms with van der Waals surface area (Å²) in [7, 11) is 0. The second-order valence-electron chi connectivity index (χ2n) is 3.90. The SMILES string of the molecule is Cc1ccsc1CNCCn1nccc1C. The summed E-state index contributed by atoms with van der Waals surface area (Å²) in [6.07, 6.45) is 1.85. The van der Waals surface area contributed by atoms with Crippen LogP contribution in [0, 0.1) is 13.8 Å². The van der Waals surface area contributed by atoms with Gasteiger partial charge >= 0.3 is 0 Å². The molecule has 0 unspecified atom stereocenters. The van der Waals surface area contributed by atoms with Crippen LogP contribution in [0.15, 0.2) is 23.7 Å². The lowest BCUT2D eigenvalue weighted by Crippen LogP contribution is -2.20. The molecule has 2 aromatic heterocycles. The predicted octanol–water partition coefficient (Wildman–Crippen LogP) is 2.35. The minimum absolute atomic E-state index is 0.934. The van der Waals surface area contributed by atoms with Gasteiger partial charge in [0.1, 0.15) is 0 Å². The molecule has 2 aromatic rings. The Morgan fingerprint density at radius 1 is 1.38 bits per heavy atom. The van der Waals surface area contributed by atoms with Crippen molar-refractivity contribution in [2.45, 2.75) is 26.9 Å². The van der Waals surface area contributed by atoms with E-state index in [-0.39, 0.29) is 0 Å². The van der Waals surface area contributed by atoms with Crippen LogP contribution in [0.5, 0.6) is 0 Å². The molecule has 3 nitrogen and oxygen atoms in total. The first-order chi connectivity index (χ1) is 7.77. The Balaban J connectivity index is 1.74. The molecule has 2 rings (SSSR count). The average Bonchev–Trinajstić information content (AvgIpc) is 2.84. The van der Waals surface area contributed by atoms with Crippen molar-refractivity contribution in [1.29, 1.82) is 0 Å². The van der Waals surface area contributed by atoms with Gasteiger partial charge < -0.3 is 5.32 Å². The van der Waals surface area contributed by atoms with Gasteiger partial charge in [-0.2, -0.15) is 5.10 Å². The lowest BCUT2D eigenvalue weighted by atomic mass is 10.3. The highest BCUT2D eigenvalue weighted by Gasteiger charge is 1.99. The van der Waals surface area contributed by atoms with Crippen molar-refractivity contribution in [3.8, 4) is 0 Å². The predicted molar refractivity (Wildman–Crippen MR) is 67.7 cm³/mol. The Hall–Kier alpha value is -1.13. The van der Waals surface area contributed by atoms with Crippen LogP contribution in [0.3, 0.4) is 0 Å². The highest BCUT2D eigenvalue weighted by molar-refractivity contribution is 7.10. The summed E-state index contributed by atoms with van der Waals surface area (Å²) in [5.74, 6) is 0. The first-order valence-electron chi connectivity index (χ1n) is 5.49. The van der Waals surface area contributed by atoms with Crippen LogP contribution < -0.4 is 5.32 Å². The molecular formula is C12H17N3S. The Bertz CT molecular complexity index is 402. The molecule has 0 spiro atoms. The third-order valence-corrected chi connectivity index (χ3v) is 3.71. The van der Waals surface area contributed by atoms with E-state index < -0.39 is 0 Å². The van der Waals surface area contributed by atoms with E-state index in [9.17, 15) is 0 Å². The summed E-state index contributed by atoms with van der Waals surface area (Å²) in [6.45, 7) is 7.09. The number of thiophene rings is 1. The summed E-state index contributed by atoms with van der Waals surface area (Å²) in [4.78, 5) is 1.43. The van der Waals surface area contributed by atoms with Gasteiger partial charge in [0.25, 0.3) is 0 Å². The van der Waals surface area contributed by atoms with Crippen molar-refractivity contribution in [3.05, 3.63) is 39.8 Å². The minimum Gasteiger partial charge on any atom is -0.310 e. The van der Waals surface area contributed by atoms with Crippen LogP contribution in [0.1, 0.15) is 16.1 Å². The third kappa shape index (κ3) is 2.71. The Morgan fingerprint density at radius 3 is 2.88 bits per heavy atom. The van der Waals surface area contributed by atoms with E-state index >= 15 is 0 Å². The zero-order chi connectivity index (χ0) is 11.4. The highest BCUT2D eigenvalue weighted by Crippen LogP contribution is 2.14. The van der Waals surface area contributed by atoms with Crippen molar-refractivity contribution >= 4 is 11.3 Å². The lowest BCUT2D eigenvalue weighted by molar-refractivity contribution is 0.546.